The SMILES string of the molecule is CCc1nc2c(c(C)c(C)n2CCN(C)C)c(N)c1C. The van der Waals surface area contributed by atoms with Crippen LogP contribution in [-0.4, -0.2) is 35.1 Å². The highest BCUT2D eigenvalue weighted by atomic mass is 15.1. The summed E-state index contributed by atoms with van der Waals surface area (Å²) in [4.78, 5) is 7.07. The maximum atomic E-state index is 6.37. The van der Waals surface area contributed by atoms with Gasteiger partial charge in [0.2, 0.25) is 0 Å². The van der Waals surface area contributed by atoms with Crippen molar-refractivity contribution in [3.8, 4) is 0 Å². The third-order valence-electron chi connectivity index (χ3n) is 4.25. The van der Waals surface area contributed by atoms with Crippen molar-refractivity contribution in [2.45, 2.75) is 40.7 Å². The number of hydrogen-bond donors (Lipinski definition) is 1. The fourth-order valence-electron chi connectivity index (χ4n) is 2.76. The van der Waals surface area contributed by atoms with Crippen LogP contribution in [0, 0.1) is 20.8 Å². The van der Waals surface area contributed by atoms with Crippen LogP contribution in [0.5, 0.6) is 0 Å². The van der Waals surface area contributed by atoms with Crippen molar-refractivity contribution in [1.82, 2.24) is 14.5 Å². The first-order valence-corrected chi connectivity index (χ1v) is 7.27. The van der Waals surface area contributed by atoms with Gasteiger partial charge in [0.15, 0.2) is 0 Å². The lowest BCUT2D eigenvalue weighted by Crippen LogP contribution is -2.19. The number of fused-ring (bicyclic) bond motifs is 1. The number of nitrogens with two attached hydrogens (primary N) is 1. The summed E-state index contributed by atoms with van der Waals surface area (Å²) in [6.45, 7) is 10.5. The van der Waals surface area contributed by atoms with Gasteiger partial charge in [0, 0.05) is 35.6 Å². The van der Waals surface area contributed by atoms with Crippen molar-refractivity contribution in [1.29, 1.82) is 0 Å². The van der Waals surface area contributed by atoms with Gasteiger partial charge in [-0.3, -0.25) is 0 Å². The van der Waals surface area contributed by atoms with E-state index in [1.165, 1.54) is 11.3 Å². The Kier molecular flexibility index (Phi) is 4.04. The fourth-order valence-corrected chi connectivity index (χ4v) is 2.76. The summed E-state index contributed by atoms with van der Waals surface area (Å²) in [7, 11) is 4.19. The molecular weight excluding hydrogens is 248 g/mol. The highest BCUT2D eigenvalue weighted by Gasteiger charge is 2.17. The summed E-state index contributed by atoms with van der Waals surface area (Å²) in [5, 5.41) is 1.14. The van der Waals surface area contributed by atoms with E-state index in [-0.39, 0.29) is 0 Å². The van der Waals surface area contributed by atoms with Gasteiger partial charge in [0.1, 0.15) is 5.65 Å². The molecule has 0 aliphatic heterocycles. The van der Waals surface area contributed by atoms with Gasteiger partial charge in [-0.25, -0.2) is 4.98 Å². The molecule has 0 aliphatic carbocycles. The molecule has 2 aromatic heterocycles. The minimum atomic E-state index is 0.899. The van der Waals surface area contributed by atoms with Crippen molar-refractivity contribution in [3.05, 3.63) is 22.5 Å². The van der Waals surface area contributed by atoms with Crippen LogP contribution in [-0.2, 0) is 13.0 Å². The Bertz CT molecular complexity index is 638. The first-order chi connectivity index (χ1) is 9.38. The molecule has 0 aliphatic rings. The molecule has 0 atom stereocenters. The summed E-state index contributed by atoms with van der Waals surface area (Å²) in [5.41, 5.74) is 13.1. The van der Waals surface area contributed by atoms with E-state index in [1.54, 1.807) is 0 Å². The van der Waals surface area contributed by atoms with Gasteiger partial charge in [-0.15, -0.1) is 0 Å². The molecule has 2 heterocycles. The van der Waals surface area contributed by atoms with Crippen molar-refractivity contribution in [2.75, 3.05) is 26.4 Å². The zero-order valence-corrected chi connectivity index (χ0v) is 13.5. The number of hydrogen-bond acceptors (Lipinski definition) is 3. The predicted molar refractivity (Wildman–Crippen MR) is 86.3 cm³/mol. The van der Waals surface area contributed by atoms with Crippen LogP contribution < -0.4 is 5.73 Å². The van der Waals surface area contributed by atoms with Gasteiger partial charge < -0.3 is 15.2 Å². The van der Waals surface area contributed by atoms with Crippen molar-refractivity contribution in [3.63, 3.8) is 0 Å². The maximum Gasteiger partial charge on any atom is 0.142 e. The van der Waals surface area contributed by atoms with Gasteiger partial charge >= 0.3 is 0 Å². The highest BCUT2D eigenvalue weighted by Crippen LogP contribution is 2.32. The Labute approximate surface area is 121 Å². The van der Waals surface area contributed by atoms with E-state index in [1.807, 2.05) is 0 Å². The molecule has 0 saturated carbocycles. The molecule has 0 bridgehead atoms. The lowest BCUT2D eigenvalue weighted by molar-refractivity contribution is 0.384. The summed E-state index contributed by atoms with van der Waals surface area (Å²) in [6, 6.07) is 0. The highest BCUT2D eigenvalue weighted by molar-refractivity contribution is 5.94. The lowest BCUT2D eigenvalue weighted by atomic mass is 10.1. The Morgan fingerprint density at radius 3 is 2.35 bits per heavy atom. The molecular formula is C16H26N4. The number of aromatic nitrogens is 2. The normalized spacial score (nSPS) is 11.8. The first kappa shape index (κ1) is 14.9. The number of nitrogen functional groups attached to an aromatic ring is 1. The number of aryl methyl sites for hydroxylation is 2. The monoisotopic (exact) mass is 274 g/mol. The molecule has 20 heavy (non-hydrogen) atoms. The third-order valence-corrected chi connectivity index (χ3v) is 4.25. The van der Waals surface area contributed by atoms with Gasteiger partial charge in [0.05, 0.1) is 0 Å². The molecule has 0 radical (unpaired) electrons. The maximum absolute atomic E-state index is 6.37. The average molecular weight is 274 g/mol. The van der Waals surface area contributed by atoms with E-state index in [0.29, 0.717) is 0 Å². The van der Waals surface area contributed by atoms with Gasteiger partial charge in [0.25, 0.3) is 0 Å². The summed E-state index contributed by atoms with van der Waals surface area (Å²) >= 11 is 0. The first-order valence-electron chi connectivity index (χ1n) is 7.27. The summed E-state index contributed by atoms with van der Waals surface area (Å²) in [6.07, 6.45) is 0.920. The minimum Gasteiger partial charge on any atom is -0.398 e. The predicted octanol–water partition coefficient (Wildman–Crippen LogP) is 2.67. The van der Waals surface area contributed by atoms with Crippen LogP contribution in [0.1, 0.15) is 29.4 Å². The number of nitrogens with zero attached hydrogens (tertiary/aromatic N) is 3. The molecule has 0 amide bonds. The van der Waals surface area contributed by atoms with E-state index >= 15 is 0 Å². The topological polar surface area (TPSA) is 47.1 Å². The van der Waals surface area contributed by atoms with Crippen LogP contribution in [0.3, 0.4) is 0 Å². The second-order valence-corrected chi connectivity index (χ2v) is 5.81. The van der Waals surface area contributed by atoms with Crippen molar-refractivity contribution < 1.29 is 0 Å². The standard InChI is InChI=1S/C16H26N4/c1-7-13-11(3)15(17)14-10(2)12(4)20(16(14)18-13)9-8-19(5)6/h7-9H2,1-6H3,(H2,17,18). The molecule has 0 fully saturated rings. The minimum absolute atomic E-state index is 0.899. The smallest absolute Gasteiger partial charge is 0.142 e. The number of pyridine rings is 1. The number of likely N-dealkylation sites (N-methyl/N-ethyl adjacent to an activating group) is 1. The Morgan fingerprint density at radius 2 is 1.80 bits per heavy atom. The van der Waals surface area contributed by atoms with Crippen LogP contribution in [0.2, 0.25) is 0 Å². The van der Waals surface area contributed by atoms with E-state index in [2.05, 4.69) is 51.3 Å². The second kappa shape index (κ2) is 5.44. The summed E-state index contributed by atoms with van der Waals surface area (Å²) in [5.74, 6) is 0. The third kappa shape index (κ3) is 2.29. The zero-order valence-electron chi connectivity index (χ0n) is 13.5. The van der Waals surface area contributed by atoms with E-state index < -0.39 is 0 Å². The molecule has 0 unspecified atom stereocenters. The number of rotatable bonds is 4. The molecule has 2 N–H and O–H groups in total. The van der Waals surface area contributed by atoms with Crippen LogP contribution >= 0.6 is 0 Å². The van der Waals surface area contributed by atoms with Crippen molar-refractivity contribution >= 4 is 16.7 Å². The molecule has 4 nitrogen and oxygen atoms in total. The van der Waals surface area contributed by atoms with Crippen LogP contribution in [0.4, 0.5) is 5.69 Å². The number of anilines is 1. The average Bonchev–Trinajstić information content (AvgIpc) is 2.64. The zero-order chi connectivity index (χ0) is 15.0. The van der Waals surface area contributed by atoms with Gasteiger partial charge in [-0.05, 0) is 52.4 Å². The summed E-state index contributed by atoms with van der Waals surface area (Å²) < 4.78 is 2.31. The molecule has 4 heteroatoms. The second-order valence-electron chi connectivity index (χ2n) is 5.81. The van der Waals surface area contributed by atoms with E-state index in [4.69, 9.17) is 10.7 Å². The van der Waals surface area contributed by atoms with Crippen LogP contribution in [0.25, 0.3) is 11.0 Å². The Hall–Kier alpha value is -1.55. The van der Waals surface area contributed by atoms with Crippen molar-refractivity contribution in [2.24, 2.45) is 0 Å². The molecule has 2 aromatic rings. The Balaban J connectivity index is 2.69. The van der Waals surface area contributed by atoms with Gasteiger partial charge in [-0.2, -0.15) is 0 Å². The van der Waals surface area contributed by atoms with E-state index in [9.17, 15) is 0 Å². The lowest BCUT2D eigenvalue weighted by Gasteiger charge is -2.14. The van der Waals surface area contributed by atoms with Gasteiger partial charge in [-0.1, -0.05) is 6.92 Å². The largest absolute Gasteiger partial charge is 0.398 e. The quantitative estimate of drug-likeness (QED) is 0.932. The molecule has 110 valence electrons. The molecule has 0 aromatic carbocycles. The Morgan fingerprint density at radius 1 is 1.15 bits per heavy atom. The molecule has 0 saturated heterocycles. The van der Waals surface area contributed by atoms with E-state index in [0.717, 1.165) is 47.5 Å². The molecule has 0 spiro atoms. The van der Waals surface area contributed by atoms with Crippen LogP contribution in [0.15, 0.2) is 0 Å². The molecule has 2 rings (SSSR count). The fraction of sp³-hybridized carbons (Fsp3) is 0.562.